The average molecular weight is 413 g/mol. The van der Waals surface area contributed by atoms with Crippen LogP contribution in [0, 0.1) is 13.8 Å². The van der Waals surface area contributed by atoms with E-state index in [-0.39, 0.29) is 11.9 Å². The minimum atomic E-state index is -0.373. The summed E-state index contributed by atoms with van der Waals surface area (Å²) < 4.78 is 7.28. The highest BCUT2D eigenvalue weighted by molar-refractivity contribution is 6.01. The fourth-order valence-corrected chi connectivity index (χ4v) is 3.81. The van der Waals surface area contributed by atoms with Crippen molar-refractivity contribution in [3.63, 3.8) is 0 Å². The van der Waals surface area contributed by atoms with E-state index in [0.29, 0.717) is 30.0 Å². The highest BCUT2D eigenvalue weighted by Gasteiger charge is 2.29. The Kier molecular flexibility index (Phi) is 9.15. The predicted octanol–water partition coefficient (Wildman–Crippen LogP) is 5.37. The number of hydrogen-bond donors (Lipinski definition) is 0. The molecule has 0 unspecified atom stereocenters. The second kappa shape index (κ2) is 11.6. The Hall–Kier alpha value is -2.56. The quantitative estimate of drug-likeness (QED) is 0.466. The summed E-state index contributed by atoms with van der Waals surface area (Å²) in [5.74, 6) is -0.356. The van der Waals surface area contributed by atoms with Crippen molar-refractivity contribution >= 4 is 11.9 Å². The van der Waals surface area contributed by atoms with E-state index in [9.17, 15) is 9.59 Å². The van der Waals surface area contributed by atoms with Crippen LogP contribution >= 0.6 is 0 Å². The van der Waals surface area contributed by atoms with Crippen LogP contribution in [0.3, 0.4) is 0 Å². The lowest BCUT2D eigenvalue weighted by Gasteiger charge is -2.23. The standard InChI is InChI=1S/C25H36N2O3/c1-6-9-16-26(17-10-7-2)24(28)22-19(4)23(25(29)30-8-3)27(20(22)5)18-21-14-12-11-13-15-21/h11-15H,6-10,16-18H2,1-5H3. The van der Waals surface area contributed by atoms with Gasteiger partial charge in [-0.25, -0.2) is 4.79 Å². The summed E-state index contributed by atoms with van der Waals surface area (Å²) in [5, 5.41) is 0. The number of aromatic nitrogens is 1. The van der Waals surface area contributed by atoms with E-state index < -0.39 is 0 Å². The largest absolute Gasteiger partial charge is 0.461 e. The molecule has 0 atom stereocenters. The number of benzene rings is 1. The van der Waals surface area contributed by atoms with Gasteiger partial charge < -0.3 is 14.2 Å². The van der Waals surface area contributed by atoms with Gasteiger partial charge in [-0.3, -0.25) is 4.79 Å². The van der Waals surface area contributed by atoms with E-state index in [1.807, 2.05) is 53.6 Å². The molecule has 0 aliphatic heterocycles. The molecule has 0 spiro atoms. The first-order valence-corrected chi connectivity index (χ1v) is 11.2. The fraction of sp³-hybridized carbons (Fsp3) is 0.520. The number of unbranched alkanes of at least 4 members (excludes halogenated alkanes) is 2. The molecule has 0 fully saturated rings. The van der Waals surface area contributed by atoms with E-state index in [0.717, 1.165) is 50.0 Å². The molecule has 0 saturated carbocycles. The molecule has 2 rings (SSSR count). The Morgan fingerprint density at radius 3 is 2.10 bits per heavy atom. The lowest BCUT2D eigenvalue weighted by atomic mass is 10.1. The molecule has 0 saturated heterocycles. The summed E-state index contributed by atoms with van der Waals surface area (Å²) >= 11 is 0. The van der Waals surface area contributed by atoms with Crippen molar-refractivity contribution in [2.45, 2.75) is 66.8 Å². The normalized spacial score (nSPS) is 10.8. The first kappa shape index (κ1) is 23.7. The smallest absolute Gasteiger partial charge is 0.355 e. The van der Waals surface area contributed by atoms with E-state index in [1.165, 1.54) is 0 Å². The van der Waals surface area contributed by atoms with Crippen molar-refractivity contribution in [2.24, 2.45) is 0 Å². The SMILES string of the molecule is CCCCN(CCCC)C(=O)c1c(C)c(C(=O)OCC)n(Cc2ccccc2)c1C. The molecule has 0 bridgehead atoms. The summed E-state index contributed by atoms with van der Waals surface area (Å²) in [6.45, 7) is 12.2. The van der Waals surface area contributed by atoms with Crippen LogP contribution in [0.25, 0.3) is 0 Å². The number of carbonyl (C=O) groups excluding carboxylic acids is 2. The van der Waals surface area contributed by atoms with Crippen LogP contribution in [0.2, 0.25) is 0 Å². The zero-order chi connectivity index (χ0) is 22.1. The summed E-state index contributed by atoms with van der Waals surface area (Å²) in [4.78, 5) is 28.3. The topological polar surface area (TPSA) is 51.5 Å². The zero-order valence-electron chi connectivity index (χ0n) is 19.2. The molecule has 1 aromatic heterocycles. The molecule has 30 heavy (non-hydrogen) atoms. The summed E-state index contributed by atoms with van der Waals surface area (Å²) in [6, 6.07) is 9.99. The minimum absolute atomic E-state index is 0.0178. The van der Waals surface area contributed by atoms with Crippen LogP contribution in [-0.2, 0) is 11.3 Å². The molecule has 1 amide bonds. The number of esters is 1. The highest BCUT2D eigenvalue weighted by Crippen LogP contribution is 2.26. The second-order valence-electron chi connectivity index (χ2n) is 7.73. The zero-order valence-corrected chi connectivity index (χ0v) is 19.2. The van der Waals surface area contributed by atoms with Gasteiger partial charge >= 0.3 is 5.97 Å². The number of ether oxygens (including phenoxy) is 1. The van der Waals surface area contributed by atoms with E-state index in [4.69, 9.17) is 4.74 Å². The van der Waals surface area contributed by atoms with Gasteiger partial charge in [0.05, 0.1) is 12.2 Å². The van der Waals surface area contributed by atoms with Gasteiger partial charge in [0.15, 0.2) is 0 Å². The molecule has 5 nitrogen and oxygen atoms in total. The van der Waals surface area contributed by atoms with Gasteiger partial charge in [-0.2, -0.15) is 0 Å². The number of nitrogens with zero attached hydrogens (tertiary/aromatic N) is 2. The highest BCUT2D eigenvalue weighted by atomic mass is 16.5. The van der Waals surface area contributed by atoms with Crippen LogP contribution < -0.4 is 0 Å². The molecule has 0 radical (unpaired) electrons. The molecule has 1 aromatic carbocycles. The van der Waals surface area contributed by atoms with Gasteiger partial charge in [0.25, 0.3) is 5.91 Å². The van der Waals surface area contributed by atoms with Gasteiger partial charge in [0.2, 0.25) is 0 Å². The summed E-state index contributed by atoms with van der Waals surface area (Å²) in [5.41, 5.74) is 3.73. The molecular weight excluding hydrogens is 376 g/mol. The van der Waals surface area contributed by atoms with E-state index in [2.05, 4.69) is 13.8 Å². The van der Waals surface area contributed by atoms with Crippen LogP contribution in [0.1, 0.15) is 84.1 Å². The van der Waals surface area contributed by atoms with Gasteiger partial charge in [-0.1, -0.05) is 57.0 Å². The van der Waals surface area contributed by atoms with Crippen molar-refractivity contribution in [3.8, 4) is 0 Å². The van der Waals surface area contributed by atoms with Crippen molar-refractivity contribution in [2.75, 3.05) is 19.7 Å². The molecule has 1 heterocycles. The Balaban J connectivity index is 2.51. The van der Waals surface area contributed by atoms with Crippen LogP contribution in [0.15, 0.2) is 30.3 Å². The molecule has 2 aromatic rings. The predicted molar refractivity (Wildman–Crippen MR) is 121 cm³/mol. The summed E-state index contributed by atoms with van der Waals surface area (Å²) in [7, 11) is 0. The first-order valence-electron chi connectivity index (χ1n) is 11.2. The van der Waals surface area contributed by atoms with Crippen molar-refractivity contribution < 1.29 is 14.3 Å². The maximum absolute atomic E-state index is 13.6. The molecule has 164 valence electrons. The number of carbonyl (C=O) groups is 2. The maximum atomic E-state index is 13.6. The third kappa shape index (κ3) is 5.53. The van der Waals surface area contributed by atoms with Crippen LogP contribution in [0.5, 0.6) is 0 Å². The van der Waals surface area contributed by atoms with Gasteiger partial charge in [-0.15, -0.1) is 0 Å². The third-order valence-corrected chi connectivity index (χ3v) is 5.48. The lowest BCUT2D eigenvalue weighted by Crippen LogP contribution is -2.33. The van der Waals surface area contributed by atoms with Crippen LogP contribution in [-0.4, -0.2) is 41.0 Å². The maximum Gasteiger partial charge on any atom is 0.355 e. The molecular formula is C25H36N2O3. The Morgan fingerprint density at radius 1 is 0.967 bits per heavy atom. The molecule has 5 heteroatoms. The van der Waals surface area contributed by atoms with Gasteiger partial charge in [-0.05, 0) is 44.7 Å². The van der Waals surface area contributed by atoms with E-state index in [1.54, 1.807) is 6.92 Å². The molecule has 0 N–H and O–H groups in total. The Bertz CT molecular complexity index is 832. The first-order chi connectivity index (χ1) is 14.5. The van der Waals surface area contributed by atoms with Gasteiger partial charge in [0.1, 0.15) is 5.69 Å². The average Bonchev–Trinajstić information content (AvgIpc) is 2.98. The van der Waals surface area contributed by atoms with E-state index >= 15 is 0 Å². The second-order valence-corrected chi connectivity index (χ2v) is 7.73. The van der Waals surface area contributed by atoms with Crippen molar-refractivity contribution in [3.05, 3.63) is 58.4 Å². The van der Waals surface area contributed by atoms with Crippen LogP contribution in [0.4, 0.5) is 0 Å². The van der Waals surface area contributed by atoms with Crippen molar-refractivity contribution in [1.29, 1.82) is 0 Å². The monoisotopic (exact) mass is 412 g/mol. The van der Waals surface area contributed by atoms with Gasteiger partial charge in [0, 0.05) is 25.3 Å². The number of amides is 1. The Labute approximate surface area is 181 Å². The lowest BCUT2D eigenvalue weighted by molar-refractivity contribution is 0.0513. The number of hydrogen-bond acceptors (Lipinski definition) is 3. The molecule has 0 aliphatic rings. The number of rotatable bonds is 11. The fourth-order valence-electron chi connectivity index (χ4n) is 3.81. The minimum Gasteiger partial charge on any atom is -0.461 e. The Morgan fingerprint density at radius 2 is 1.57 bits per heavy atom. The third-order valence-electron chi connectivity index (χ3n) is 5.48. The molecule has 0 aliphatic carbocycles. The summed E-state index contributed by atoms with van der Waals surface area (Å²) in [6.07, 6.45) is 4.03. The van der Waals surface area contributed by atoms with Crippen molar-refractivity contribution in [1.82, 2.24) is 9.47 Å².